The fourth-order valence-electron chi connectivity index (χ4n) is 1.78. The molecule has 96 valence electrons. The van der Waals surface area contributed by atoms with Gasteiger partial charge in [-0.3, -0.25) is 4.98 Å². The molecule has 0 aliphatic rings. The Morgan fingerprint density at radius 2 is 2.11 bits per heavy atom. The molecular weight excluding hydrogens is 226 g/mol. The number of aliphatic hydroxyl groups is 1. The summed E-state index contributed by atoms with van der Waals surface area (Å²) in [6.07, 6.45) is 4.20. The van der Waals surface area contributed by atoms with Gasteiger partial charge < -0.3 is 16.2 Å². The van der Waals surface area contributed by atoms with Crippen LogP contribution < -0.4 is 11.1 Å². The normalized spacial score (nSPS) is 14.4. The molecular formula is C14H19N3O. The van der Waals surface area contributed by atoms with E-state index in [2.05, 4.69) is 10.3 Å². The number of aromatic nitrogens is 1. The second-order valence-corrected chi connectivity index (χ2v) is 4.83. The lowest BCUT2D eigenvalue weighted by molar-refractivity contribution is 0.0698. The second-order valence-electron chi connectivity index (χ2n) is 4.83. The van der Waals surface area contributed by atoms with Crippen molar-refractivity contribution in [3.05, 3.63) is 30.6 Å². The van der Waals surface area contributed by atoms with Gasteiger partial charge in [0.25, 0.3) is 0 Å². The third kappa shape index (κ3) is 2.54. The van der Waals surface area contributed by atoms with Crippen molar-refractivity contribution in [1.29, 1.82) is 0 Å². The summed E-state index contributed by atoms with van der Waals surface area (Å²) >= 11 is 0. The van der Waals surface area contributed by atoms with E-state index in [1.54, 1.807) is 12.4 Å². The van der Waals surface area contributed by atoms with Crippen molar-refractivity contribution in [2.45, 2.75) is 25.9 Å². The van der Waals surface area contributed by atoms with Crippen LogP contribution >= 0.6 is 0 Å². The van der Waals surface area contributed by atoms with Crippen molar-refractivity contribution >= 4 is 22.1 Å². The van der Waals surface area contributed by atoms with Gasteiger partial charge in [-0.25, -0.2) is 0 Å². The molecule has 0 spiro atoms. The molecule has 1 unspecified atom stereocenters. The van der Waals surface area contributed by atoms with Gasteiger partial charge in [-0.15, -0.1) is 0 Å². The van der Waals surface area contributed by atoms with Crippen molar-refractivity contribution < 1.29 is 5.11 Å². The van der Waals surface area contributed by atoms with E-state index in [4.69, 9.17) is 5.73 Å². The summed E-state index contributed by atoms with van der Waals surface area (Å²) in [6, 6.07) is 5.71. The number of anilines is 2. The molecule has 2 aromatic rings. The summed E-state index contributed by atoms with van der Waals surface area (Å²) in [5.74, 6) is 0. The predicted octanol–water partition coefficient (Wildman–Crippen LogP) is 2.39. The van der Waals surface area contributed by atoms with E-state index in [-0.39, 0.29) is 0 Å². The molecule has 1 heterocycles. The highest BCUT2D eigenvalue weighted by Crippen LogP contribution is 2.27. The number of hydrogen-bond donors (Lipinski definition) is 3. The van der Waals surface area contributed by atoms with Crippen LogP contribution in [0.4, 0.5) is 11.4 Å². The van der Waals surface area contributed by atoms with Gasteiger partial charge in [-0.05, 0) is 31.5 Å². The molecule has 4 N–H and O–H groups in total. The Labute approximate surface area is 107 Å². The van der Waals surface area contributed by atoms with Gasteiger partial charge in [0, 0.05) is 41.1 Å². The van der Waals surface area contributed by atoms with Crippen LogP contribution in [0.3, 0.4) is 0 Å². The maximum absolute atomic E-state index is 10.0. The monoisotopic (exact) mass is 245 g/mol. The molecule has 1 aromatic heterocycles. The lowest BCUT2D eigenvalue weighted by Gasteiger charge is -2.23. The number of nitrogen functional groups attached to an aromatic ring is 1. The SMILES string of the molecule is CCC(C)(O)CNc1ccc(N)c2cnccc12. The summed E-state index contributed by atoms with van der Waals surface area (Å²) in [4.78, 5) is 4.08. The smallest absolute Gasteiger partial charge is 0.0788 e. The van der Waals surface area contributed by atoms with Crippen molar-refractivity contribution in [3.8, 4) is 0 Å². The molecule has 0 aliphatic carbocycles. The van der Waals surface area contributed by atoms with Crippen molar-refractivity contribution in [2.24, 2.45) is 0 Å². The Morgan fingerprint density at radius 3 is 2.83 bits per heavy atom. The first kappa shape index (κ1) is 12.6. The highest BCUT2D eigenvalue weighted by Gasteiger charge is 2.17. The second kappa shape index (κ2) is 4.82. The highest BCUT2D eigenvalue weighted by molar-refractivity contribution is 6.00. The third-order valence-electron chi connectivity index (χ3n) is 3.27. The van der Waals surface area contributed by atoms with Crippen LogP contribution in [0, 0.1) is 0 Å². The maximum Gasteiger partial charge on any atom is 0.0788 e. The van der Waals surface area contributed by atoms with Crippen LogP contribution in [0.15, 0.2) is 30.6 Å². The zero-order valence-corrected chi connectivity index (χ0v) is 10.8. The van der Waals surface area contributed by atoms with Gasteiger partial charge in [0.15, 0.2) is 0 Å². The quantitative estimate of drug-likeness (QED) is 0.723. The van der Waals surface area contributed by atoms with Crippen LogP contribution in [0.2, 0.25) is 0 Å². The van der Waals surface area contributed by atoms with Crippen molar-refractivity contribution in [2.75, 3.05) is 17.6 Å². The molecule has 4 nitrogen and oxygen atoms in total. The van der Waals surface area contributed by atoms with Crippen LogP contribution in [0.1, 0.15) is 20.3 Å². The van der Waals surface area contributed by atoms with Gasteiger partial charge in [-0.2, -0.15) is 0 Å². The largest absolute Gasteiger partial charge is 0.398 e. The van der Waals surface area contributed by atoms with Crippen LogP contribution in [-0.4, -0.2) is 22.2 Å². The topological polar surface area (TPSA) is 71.2 Å². The minimum absolute atomic E-state index is 0.505. The van der Waals surface area contributed by atoms with Gasteiger partial charge in [0.1, 0.15) is 0 Å². The Balaban J connectivity index is 2.32. The molecule has 0 saturated heterocycles. The summed E-state index contributed by atoms with van der Waals surface area (Å²) in [5, 5.41) is 15.2. The fraction of sp³-hybridized carbons (Fsp3) is 0.357. The Hall–Kier alpha value is -1.81. The number of nitrogens with one attached hydrogen (secondary N) is 1. The lowest BCUT2D eigenvalue weighted by Crippen LogP contribution is -2.32. The van der Waals surface area contributed by atoms with E-state index >= 15 is 0 Å². The molecule has 0 bridgehead atoms. The number of rotatable bonds is 4. The molecule has 0 radical (unpaired) electrons. The van der Waals surface area contributed by atoms with Gasteiger partial charge in [0.2, 0.25) is 0 Å². The Kier molecular flexibility index (Phi) is 3.39. The van der Waals surface area contributed by atoms with E-state index in [1.165, 1.54) is 0 Å². The van der Waals surface area contributed by atoms with Crippen molar-refractivity contribution in [3.63, 3.8) is 0 Å². The predicted molar refractivity (Wildman–Crippen MR) is 75.6 cm³/mol. The van der Waals surface area contributed by atoms with E-state index in [1.807, 2.05) is 32.0 Å². The number of nitrogens with zero attached hydrogens (tertiary/aromatic N) is 1. The van der Waals surface area contributed by atoms with E-state index in [9.17, 15) is 5.11 Å². The minimum Gasteiger partial charge on any atom is -0.398 e. The number of hydrogen-bond acceptors (Lipinski definition) is 4. The third-order valence-corrected chi connectivity index (χ3v) is 3.27. The average molecular weight is 245 g/mol. The zero-order chi connectivity index (χ0) is 13.2. The lowest BCUT2D eigenvalue weighted by atomic mass is 10.0. The average Bonchev–Trinajstić information content (AvgIpc) is 2.38. The van der Waals surface area contributed by atoms with Gasteiger partial charge in [-0.1, -0.05) is 6.92 Å². The van der Waals surface area contributed by atoms with E-state index < -0.39 is 5.60 Å². The standard InChI is InChI=1S/C14H19N3O/c1-3-14(2,18)9-17-13-5-4-12(15)11-8-16-7-6-10(11)13/h4-8,17-18H,3,9,15H2,1-2H3. The van der Waals surface area contributed by atoms with E-state index in [0.29, 0.717) is 18.7 Å². The number of benzene rings is 1. The van der Waals surface area contributed by atoms with Crippen molar-refractivity contribution in [1.82, 2.24) is 4.98 Å². The minimum atomic E-state index is -0.708. The zero-order valence-electron chi connectivity index (χ0n) is 10.8. The molecule has 0 amide bonds. The molecule has 0 fully saturated rings. The molecule has 4 heteroatoms. The summed E-state index contributed by atoms with van der Waals surface area (Å²) in [7, 11) is 0. The number of pyridine rings is 1. The Morgan fingerprint density at radius 1 is 1.33 bits per heavy atom. The number of nitrogens with two attached hydrogens (primary N) is 1. The maximum atomic E-state index is 10.0. The van der Waals surface area contributed by atoms with Crippen LogP contribution in [-0.2, 0) is 0 Å². The van der Waals surface area contributed by atoms with Crippen LogP contribution in [0.25, 0.3) is 10.8 Å². The molecule has 0 saturated carbocycles. The summed E-state index contributed by atoms with van der Waals surface area (Å²) < 4.78 is 0. The first-order valence-electron chi connectivity index (χ1n) is 6.12. The first-order valence-corrected chi connectivity index (χ1v) is 6.12. The molecule has 1 aromatic carbocycles. The Bertz CT molecular complexity index is 552. The molecule has 2 rings (SSSR count). The molecule has 18 heavy (non-hydrogen) atoms. The fourth-order valence-corrected chi connectivity index (χ4v) is 1.78. The molecule has 0 aliphatic heterocycles. The highest BCUT2D eigenvalue weighted by atomic mass is 16.3. The number of fused-ring (bicyclic) bond motifs is 1. The van der Waals surface area contributed by atoms with E-state index in [0.717, 1.165) is 16.5 Å². The van der Waals surface area contributed by atoms with Crippen LogP contribution in [0.5, 0.6) is 0 Å². The summed E-state index contributed by atoms with van der Waals surface area (Å²) in [5.41, 5.74) is 6.89. The first-order chi connectivity index (χ1) is 8.53. The van der Waals surface area contributed by atoms with Gasteiger partial charge in [0.05, 0.1) is 5.60 Å². The van der Waals surface area contributed by atoms with Gasteiger partial charge >= 0.3 is 0 Å². The summed E-state index contributed by atoms with van der Waals surface area (Å²) in [6.45, 7) is 4.29. The molecule has 1 atom stereocenters.